The quantitative estimate of drug-likeness (QED) is 0.328. The van der Waals surface area contributed by atoms with Gasteiger partial charge in [-0.25, -0.2) is 6.07 Å². The first-order valence-electron chi connectivity index (χ1n) is 8.06. The van der Waals surface area contributed by atoms with Gasteiger partial charge in [-0.15, -0.1) is 40.6 Å². The van der Waals surface area contributed by atoms with E-state index in [1.54, 1.807) is 23.3 Å². The number of halogens is 2. The Hall–Kier alpha value is -0.140. The molecular weight excluding hydrogens is 442 g/mol. The summed E-state index contributed by atoms with van der Waals surface area (Å²) in [6.45, 7) is 15.4. The second-order valence-electron chi connectivity index (χ2n) is 6.44. The van der Waals surface area contributed by atoms with Gasteiger partial charge in [-0.1, -0.05) is 40.7 Å². The molecule has 0 spiro atoms. The average molecular weight is 471 g/mol. The Balaban J connectivity index is 0. The minimum atomic E-state index is 0. The first-order valence-corrected chi connectivity index (χ1v) is 14.2. The topological polar surface area (TPSA) is 0 Å². The van der Waals surface area contributed by atoms with Crippen molar-refractivity contribution >= 4 is 16.2 Å². The van der Waals surface area contributed by atoms with Crippen molar-refractivity contribution in [1.29, 1.82) is 0 Å². The molecule has 3 aromatic carbocycles. The van der Waals surface area contributed by atoms with E-state index in [1.165, 1.54) is 38.6 Å². The molecule has 0 aliphatic carbocycles. The first kappa shape index (κ1) is 27.1. The van der Waals surface area contributed by atoms with Crippen LogP contribution in [0.3, 0.4) is 0 Å². The van der Waals surface area contributed by atoms with Gasteiger partial charge < -0.3 is 24.8 Å². The summed E-state index contributed by atoms with van der Waals surface area (Å²) in [6, 6.07) is 15.2. The van der Waals surface area contributed by atoms with Crippen LogP contribution in [0, 0.1) is 34.6 Å². The van der Waals surface area contributed by atoms with Crippen molar-refractivity contribution in [1.82, 2.24) is 0 Å². The third kappa shape index (κ3) is 9.38. The third-order valence-electron chi connectivity index (χ3n) is 3.84. The Morgan fingerprint density at radius 3 is 1.72 bits per heavy atom. The maximum absolute atomic E-state index is 2.31. The van der Waals surface area contributed by atoms with Crippen LogP contribution in [-0.2, 0) is 23.3 Å². The fourth-order valence-electron chi connectivity index (χ4n) is 2.47. The van der Waals surface area contributed by atoms with Gasteiger partial charge in [0, 0.05) is 0 Å². The molecule has 0 aliphatic rings. The van der Waals surface area contributed by atoms with Crippen LogP contribution in [0.1, 0.15) is 27.8 Å². The van der Waals surface area contributed by atoms with Crippen LogP contribution in [0.4, 0.5) is 0 Å². The van der Waals surface area contributed by atoms with Crippen molar-refractivity contribution in [2.75, 3.05) is 0 Å². The van der Waals surface area contributed by atoms with E-state index in [-0.39, 0.29) is 30.2 Å². The molecule has 0 heterocycles. The van der Waals surface area contributed by atoms with Gasteiger partial charge in [-0.05, 0) is 0 Å². The molecule has 25 heavy (non-hydrogen) atoms. The minimum absolute atomic E-state index is 0. The molecule has 0 radical (unpaired) electrons. The molecule has 0 saturated carbocycles. The third-order valence-corrected chi connectivity index (χ3v) is 3.84. The molecule has 0 aliphatic heterocycles. The molecule has 3 rings (SSSR count). The van der Waals surface area contributed by atoms with Crippen LogP contribution in [0.5, 0.6) is 0 Å². The van der Waals surface area contributed by atoms with Crippen molar-refractivity contribution in [3.8, 4) is 0 Å². The molecular formula is C21H28Cl2SiZr-2. The van der Waals surface area contributed by atoms with Crippen molar-refractivity contribution in [2.45, 2.75) is 47.7 Å². The SMILES string of the molecule is C[Si](C)=[Zr+2].Cc1[cH-]c2ccccc2c1C.Cc1cc(C)c(C)[cH-]1.[Cl-].[Cl-]. The molecule has 0 aromatic heterocycles. The Kier molecular flexibility index (Phi) is 14.2. The van der Waals surface area contributed by atoms with E-state index in [2.05, 4.69) is 90.2 Å². The van der Waals surface area contributed by atoms with Crippen LogP contribution in [0.2, 0.25) is 13.1 Å². The molecule has 0 atom stereocenters. The molecule has 3 aromatic rings. The number of hydrogen-bond acceptors (Lipinski definition) is 0. The zero-order valence-electron chi connectivity index (χ0n) is 16.3. The van der Waals surface area contributed by atoms with E-state index >= 15 is 0 Å². The Bertz CT molecular complexity index is 761. The number of rotatable bonds is 0. The van der Waals surface area contributed by atoms with E-state index in [4.69, 9.17) is 0 Å². The van der Waals surface area contributed by atoms with Gasteiger partial charge in [0.1, 0.15) is 0 Å². The van der Waals surface area contributed by atoms with Crippen LogP contribution < -0.4 is 24.8 Å². The second-order valence-corrected chi connectivity index (χ2v) is 15.8. The summed E-state index contributed by atoms with van der Waals surface area (Å²) in [6.07, 6.45) is 0. The Morgan fingerprint density at radius 1 is 0.840 bits per heavy atom. The van der Waals surface area contributed by atoms with Gasteiger partial charge in [0.15, 0.2) is 0 Å². The van der Waals surface area contributed by atoms with Gasteiger partial charge in [-0.3, -0.25) is 0 Å². The number of hydrogen-bond donors (Lipinski definition) is 0. The summed E-state index contributed by atoms with van der Waals surface area (Å²) in [7, 11) is 0. The van der Waals surface area contributed by atoms with E-state index < -0.39 is 0 Å². The molecule has 0 unspecified atom stereocenters. The van der Waals surface area contributed by atoms with E-state index in [0.717, 1.165) is 0 Å². The van der Waals surface area contributed by atoms with E-state index in [9.17, 15) is 0 Å². The van der Waals surface area contributed by atoms with E-state index in [0.29, 0.717) is 0 Å². The molecule has 0 bridgehead atoms. The van der Waals surface area contributed by atoms with Crippen molar-refractivity contribution < 1.29 is 48.1 Å². The molecule has 0 nitrogen and oxygen atoms in total. The van der Waals surface area contributed by atoms with Gasteiger partial charge in [0.2, 0.25) is 0 Å². The maximum Gasteiger partial charge on any atom is -0.0576 e. The van der Waals surface area contributed by atoms with Crippen LogP contribution in [0.25, 0.3) is 10.8 Å². The van der Waals surface area contributed by atoms with Crippen LogP contribution >= 0.6 is 0 Å². The largest absolute Gasteiger partial charge is 1.00 e. The molecule has 4 heteroatoms. The van der Waals surface area contributed by atoms with Gasteiger partial charge >= 0.3 is 41.9 Å². The summed E-state index contributed by atoms with van der Waals surface area (Å²) in [5.41, 5.74) is 7.21. The van der Waals surface area contributed by atoms with Crippen molar-refractivity contribution in [3.63, 3.8) is 0 Å². The standard InChI is InChI=1S/C11H11.C8H11.C2H6Si.2ClH.Zr/c1-8-7-10-5-3-4-6-11(10)9(8)2;1-6-4-7(2)8(3)5-6;1-3-2;;;/h3-7H,1-2H3;4-5H,1-3H3;1-2H3;2*1H;/q2*-1;;;;+2/p-2. The molecule has 0 saturated heterocycles. The number of aryl methyl sites for hydroxylation is 5. The molecule has 136 valence electrons. The van der Waals surface area contributed by atoms with Crippen molar-refractivity contribution in [2.24, 2.45) is 0 Å². The van der Waals surface area contributed by atoms with Crippen molar-refractivity contribution in [3.05, 3.63) is 70.3 Å². The number of fused-ring (bicyclic) bond motifs is 1. The summed E-state index contributed by atoms with van der Waals surface area (Å²) in [5, 5.41) is 2.76. The minimum Gasteiger partial charge on any atom is -1.00 e. The van der Waals surface area contributed by atoms with Gasteiger partial charge in [-0.2, -0.15) is 28.3 Å². The first-order chi connectivity index (χ1) is 10.7. The summed E-state index contributed by atoms with van der Waals surface area (Å²) < 4.78 is 0. The van der Waals surface area contributed by atoms with Crippen LogP contribution in [0.15, 0.2) is 42.5 Å². The van der Waals surface area contributed by atoms with E-state index in [1.807, 2.05) is 0 Å². The molecule has 0 fully saturated rings. The zero-order chi connectivity index (χ0) is 17.6. The summed E-state index contributed by atoms with van der Waals surface area (Å²) >= 11 is 1.74. The predicted molar refractivity (Wildman–Crippen MR) is 103 cm³/mol. The average Bonchev–Trinajstić information content (AvgIpc) is 2.90. The summed E-state index contributed by atoms with van der Waals surface area (Å²) in [5.74, 6) is 0. The Labute approximate surface area is 181 Å². The fraction of sp³-hybridized carbons (Fsp3) is 0.333. The predicted octanol–water partition coefficient (Wildman–Crippen LogP) is 0.299. The Morgan fingerprint density at radius 2 is 1.36 bits per heavy atom. The number of benzene rings is 1. The normalized spacial score (nSPS) is 9.00. The molecule has 0 N–H and O–H groups in total. The summed E-state index contributed by atoms with van der Waals surface area (Å²) in [4.78, 5) is 0. The van der Waals surface area contributed by atoms with Gasteiger partial charge in [0.05, 0.1) is 0 Å². The molecule has 0 amide bonds. The monoisotopic (exact) mass is 468 g/mol. The fourth-order valence-corrected chi connectivity index (χ4v) is 2.47. The second kappa shape index (κ2) is 13.1. The zero-order valence-corrected chi connectivity index (χ0v) is 21.3. The maximum atomic E-state index is 2.31. The smallest absolute Gasteiger partial charge is 0.0576 e. The van der Waals surface area contributed by atoms with Gasteiger partial charge in [0.25, 0.3) is 0 Å². The van der Waals surface area contributed by atoms with Crippen LogP contribution in [-0.4, -0.2) is 5.43 Å².